The SMILES string of the molecule is CC1(C)c2ccccc2-c2cc(-c3ccc(-c4c5ccccc5c(-c5ccccc5)c5ccccc45)cn3)ccc21. The standard InChI is InChI=1S/C40H29N/c1-40(2)35-19-11-10-14-29(35)34-24-27(20-22-36(34)40)37-23-21-28(25-41-37)39-32-17-8-6-15-30(32)38(26-12-4-3-5-13-26)31-16-7-9-18-33(31)39/h3-25H,1-2H3. The molecular formula is C40H29N. The molecule has 8 rings (SSSR count). The molecule has 7 aromatic rings. The smallest absolute Gasteiger partial charge is 0.0702 e. The van der Waals surface area contributed by atoms with Crippen molar-refractivity contribution in [1.29, 1.82) is 0 Å². The highest BCUT2D eigenvalue weighted by atomic mass is 14.7. The van der Waals surface area contributed by atoms with Crippen molar-refractivity contribution >= 4 is 21.5 Å². The van der Waals surface area contributed by atoms with E-state index in [4.69, 9.17) is 4.98 Å². The van der Waals surface area contributed by atoms with Gasteiger partial charge in [-0.3, -0.25) is 4.98 Å². The Bertz CT molecular complexity index is 2040. The van der Waals surface area contributed by atoms with Gasteiger partial charge < -0.3 is 0 Å². The fourth-order valence-corrected chi connectivity index (χ4v) is 6.95. The zero-order valence-corrected chi connectivity index (χ0v) is 23.2. The predicted molar refractivity (Wildman–Crippen MR) is 173 cm³/mol. The first-order valence-corrected chi connectivity index (χ1v) is 14.3. The Labute approximate surface area is 240 Å². The lowest BCUT2D eigenvalue weighted by Crippen LogP contribution is -2.14. The van der Waals surface area contributed by atoms with Crippen LogP contribution in [0.5, 0.6) is 0 Å². The van der Waals surface area contributed by atoms with Crippen molar-refractivity contribution in [1.82, 2.24) is 4.98 Å². The van der Waals surface area contributed by atoms with Crippen molar-refractivity contribution in [3.05, 3.63) is 151 Å². The zero-order chi connectivity index (χ0) is 27.6. The van der Waals surface area contributed by atoms with Crippen molar-refractivity contribution < 1.29 is 0 Å². The molecule has 41 heavy (non-hydrogen) atoms. The van der Waals surface area contributed by atoms with Crippen molar-refractivity contribution in [2.75, 3.05) is 0 Å². The molecule has 6 aromatic carbocycles. The summed E-state index contributed by atoms with van der Waals surface area (Å²) in [5.74, 6) is 0. The second-order valence-corrected chi connectivity index (χ2v) is 11.6. The molecule has 1 aliphatic carbocycles. The number of benzene rings is 6. The second-order valence-electron chi connectivity index (χ2n) is 11.6. The first kappa shape index (κ1) is 23.8. The van der Waals surface area contributed by atoms with Gasteiger partial charge >= 0.3 is 0 Å². The summed E-state index contributed by atoms with van der Waals surface area (Å²) in [6.45, 7) is 4.64. The quantitative estimate of drug-likeness (QED) is 0.210. The van der Waals surface area contributed by atoms with E-state index in [9.17, 15) is 0 Å². The Hall–Kier alpha value is -5.01. The topological polar surface area (TPSA) is 12.9 Å². The number of hydrogen-bond acceptors (Lipinski definition) is 1. The molecule has 1 nitrogen and oxygen atoms in total. The average molecular weight is 524 g/mol. The van der Waals surface area contributed by atoms with Gasteiger partial charge in [0.15, 0.2) is 0 Å². The molecule has 194 valence electrons. The van der Waals surface area contributed by atoms with Crippen LogP contribution in [-0.2, 0) is 5.41 Å². The lowest BCUT2D eigenvalue weighted by Gasteiger charge is -2.21. The van der Waals surface area contributed by atoms with Gasteiger partial charge in [-0.1, -0.05) is 135 Å². The maximum absolute atomic E-state index is 5.04. The van der Waals surface area contributed by atoms with Crippen LogP contribution in [0.3, 0.4) is 0 Å². The van der Waals surface area contributed by atoms with E-state index in [1.165, 1.54) is 60.5 Å². The summed E-state index contributed by atoms with van der Waals surface area (Å²) >= 11 is 0. The third-order valence-electron chi connectivity index (χ3n) is 8.93. The van der Waals surface area contributed by atoms with Crippen LogP contribution >= 0.6 is 0 Å². The molecule has 1 aliphatic rings. The minimum Gasteiger partial charge on any atom is -0.256 e. The minimum absolute atomic E-state index is 0.00969. The number of hydrogen-bond donors (Lipinski definition) is 0. The number of pyridine rings is 1. The van der Waals surface area contributed by atoms with Crippen LogP contribution in [0.15, 0.2) is 140 Å². The van der Waals surface area contributed by atoms with E-state index in [2.05, 4.69) is 154 Å². The highest BCUT2D eigenvalue weighted by molar-refractivity contribution is 6.21. The molecule has 1 heterocycles. The highest BCUT2D eigenvalue weighted by Gasteiger charge is 2.35. The van der Waals surface area contributed by atoms with Gasteiger partial charge in [-0.05, 0) is 72.6 Å². The lowest BCUT2D eigenvalue weighted by molar-refractivity contribution is 0.660. The van der Waals surface area contributed by atoms with Crippen molar-refractivity contribution in [3.63, 3.8) is 0 Å². The third kappa shape index (κ3) is 3.59. The molecule has 0 N–H and O–H groups in total. The van der Waals surface area contributed by atoms with Crippen molar-refractivity contribution in [3.8, 4) is 44.6 Å². The van der Waals surface area contributed by atoms with Crippen LogP contribution in [0, 0.1) is 0 Å². The minimum atomic E-state index is 0.00969. The number of fused-ring (bicyclic) bond motifs is 5. The van der Waals surface area contributed by atoms with Crippen LogP contribution in [0.25, 0.3) is 66.2 Å². The largest absolute Gasteiger partial charge is 0.256 e. The molecule has 0 saturated heterocycles. The first-order chi connectivity index (χ1) is 20.1. The number of aromatic nitrogens is 1. The summed E-state index contributed by atoms with van der Waals surface area (Å²) in [5.41, 5.74) is 12.5. The van der Waals surface area contributed by atoms with E-state index >= 15 is 0 Å². The van der Waals surface area contributed by atoms with Gasteiger partial charge in [-0.25, -0.2) is 0 Å². The normalized spacial score (nSPS) is 13.3. The Balaban J connectivity index is 1.29. The first-order valence-electron chi connectivity index (χ1n) is 14.3. The van der Waals surface area contributed by atoms with Gasteiger partial charge in [0.05, 0.1) is 5.69 Å². The van der Waals surface area contributed by atoms with Crippen LogP contribution in [0.4, 0.5) is 0 Å². The third-order valence-corrected chi connectivity index (χ3v) is 8.93. The lowest BCUT2D eigenvalue weighted by atomic mass is 9.82. The average Bonchev–Trinajstić information content (AvgIpc) is 3.26. The molecule has 0 aliphatic heterocycles. The molecule has 0 spiro atoms. The van der Waals surface area contributed by atoms with E-state index in [0.717, 1.165) is 16.8 Å². The van der Waals surface area contributed by atoms with E-state index in [1.54, 1.807) is 0 Å². The second kappa shape index (κ2) is 9.01. The Kier molecular flexibility index (Phi) is 5.24. The molecule has 0 amide bonds. The van der Waals surface area contributed by atoms with Crippen LogP contribution < -0.4 is 0 Å². The number of nitrogens with zero attached hydrogens (tertiary/aromatic N) is 1. The van der Waals surface area contributed by atoms with Gasteiger partial charge in [-0.2, -0.15) is 0 Å². The molecule has 0 fully saturated rings. The molecule has 0 radical (unpaired) electrons. The fourth-order valence-electron chi connectivity index (χ4n) is 6.95. The van der Waals surface area contributed by atoms with Crippen LogP contribution in [-0.4, -0.2) is 4.98 Å². The monoisotopic (exact) mass is 523 g/mol. The van der Waals surface area contributed by atoms with E-state index in [1.807, 2.05) is 0 Å². The maximum Gasteiger partial charge on any atom is 0.0702 e. The summed E-state index contributed by atoms with van der Waals surface area (Å²) < 4.78 is 0. The Morgan fingerprint density at radius 3 is 1.61 bits per heavy atom. The zero-order valence-electron chi connectivity index (χ0n) is 23.2. The summed E-state index contributed by atoms with van der Waals surface area (Å²) in [6.07, 6.45) is 2.05. The van der Waals surface area contributed by atoms with Gasteiger partial charge in [-0.15, -0.1) is 0 Å². The van der Waals surface area contributed by atoms with Gasteiger partial charge in [0.25, 0.3) is 0 Å². The molecule has 0 atom stereocenters. The van der Waals surface area contributed by atoms with Gasteiger partial charge in [0, 0.05) is 22.7 Å². The summed E-state index contributed by atoms with van der Waals surface area (Å²) in [5, 5.41) is 5.01. The molecule has 1 heteroatoms. The molecule has 0 saturated carbocycles. The Morgan fingerprint density at radius 2 is 0.976 bits per heavy atom. The summed E-state index contributed by atoms with van der Waals surface area (Å²) in [4.78, 5) is 5.04. The Morgan fingerprint density at radius 1 is 0.439 bits per heavy atom. The van der Waals surface area contributed by atoms with E-state index < -0.39 is 0 Å². The van der Waals surface area contributed by atoms with Gasteiger partial charge in [0.2, 0.25) is 0 Å². The summed E-state index contributed by atoms with van der Waals surface area (Å²) in [7, 11) is 0. The molecule has 0 bridgehead atoms. The predicted octanol–water partition coefficient (Wildman–Crippen LogP) is 10.7. The highest BCUT2D eigenvalue weighted by Crippen LogP contribution is 2.49. The van der Waals surface area contributed by atoms with Crippen LogP contribution in [0.2, 0.25) is 0 Å². The molecular weight excluding hydrogens is 494 g/mol. The summed E-state index contributed by atoms with van der Waals surface area (Å²) in [6, 6.07) is 48.4. The number of rotatable bonds is 3. The van der Waals surface area contributed by atoms with Crippen LogP contribution in [0.1, 0.15) is 25.0 Å². The van der Waals surface area contributed by atoms with Crippen molar-refractivity contribution in [2.24, 2.45) is 0 Å². The van der Waals surface area contributed by atoms with E-state index in [0.29, 0.717) is 0 Å². The van der Waals surface area contributed by atoms with Crippen molar-refractivity contribution in [2.45, 2.75) is 19.3 Å². The maximum atomic E-state index is 5.04. The molecule has 0 unspecified atom stereocenters. The fraction of sp³-hybridized carbons (Fsp3) is 0.0750. The van der Waals surface area contributed by atoms with Gasteiger partial charge in [0.1, 0.15) is 0 Å². The molecule has 1 aromatic heterocycles. The van der Waals surface area contributed by atoms with E-state index in [-0.39, 0.29) is 5.41 Å².